The first-order valence-electron chi connectivity index (χ1n) is 9.13. The molecular weight excluding hydrogens is 300 g/mol. The molecule has 0 amide bonds. The molecule has 5 nitrogen and oxygen atoms in total. The molecule has 0 saturated carbocycles. The largest absolute Gasteiger partial charge is 0.375 e. The fourth-order valence-electron chi connectivity index (χ4n) is 3.02. The van der Waals surface area contributed by atoms with Crippen molar-refractivity contribution in [3.05, 3.63) is 11.9 Å². The van der Waals surface area contributed by atoms with Gasteiger partial charge in [-0.25, -0.2) is 0 Å². The van der Waals surface area contributed by atoms with Gasteiger partial charge in [-0.05, 0) is 52.5 Å². The summed E-state index contributed by atoms with van der Waals surface area (Å²) in [6, 6.07) is 0.505. The second-order valence-corrected chi connectivity index (χ2v) is 9.22. The van der Waals surface area contributed by atoms with Crippen LogP contribution in [0.4, 0.5) is 0 Å². The van der Waals surface area contributed by atoms with Gasteiger partial charge in [-0.1, -0.05) is 32.9 Å². The first-order valence-corrected chi connectivity index (χ1v) is 9.13. The molecule has 0 radical (unpaired) electrons. The molecule has 0 aliphatic heterocycles. The molecule has 0 unspecified atom stereocenters. The third kappa shape index (κ3) is 7.75. The summed E-state index contributed by atoms with van der Waals surface area (Å²) in [7, 11) is 2.11. The highest BCUT2D eigenvalue weighted by Gasteiger charge is 2.30. The van der Waals surface area contributed by atoms with Crippen molar-refractivity contribution in [3.63, 3.8) is 0 Å². The Morgan fingerprint density at radius 2 is 1.79 bits per heavy atom. The molecule has 140 valence electrons. The molecule has 0 spiro atoms. The fourth-order valence-corrected chi connectivity index (χ4v) is 3.02. The summed E-state index contributed by atoms with van der Waals surface area (Å²) in [6.07, 6.45) is 3.05. The average molecular weight is 339 g/mol. The van der Waals surface area contributed by atoms with Gasteiger partial charge in [0.25, 0.3) is 0 Å². The van der Waals surface area contributed by atoms with Crippen LogP contribution in [-0.2, 0) is 17.8 Å². The summed E-state index contributed by atoms with van der Waals surface area (Å²) in [5.74, 6) is 0.559. The van der Waals surface area contributed by atoms with Crippen molar-refractivity contribution in [2.24, 2.45) is 11.3 Å². The number of rotatable bonds is 10. The first-order chi connectivity index (χ1) is 10.9. The number of nitrogens with zero attached hydrogens (tertiary/aromatic N) is 4. The lowest BCUT2D eigenvalue weighted by Crippen LogP contribution is -2.35. The van der Waals surface area contributed by atoms with Gasteiger partial charge in [0, 0.05) is 31.9 Å². The van der Waals surface area contributed by atoms with E-state index in [2.05, 4.69) is 83.8 Å². The quantitative estimate of drug-likeness (QED) is 0.647. The molecule has 1 aromatic rings. The maximum Gasteiger partial charge on any atom is 0.0967 e. The minimum absolute atomic E-state index is 0.0927. The lowest BCUT2D eigenvalue weighted by Gasteiger charge is -2.35. The van der Waals surface area contributed by atoms with Crippen LogP contribution >= 0.6 is 0 Å². The first kappa shape index (κ1) is 21.1. The smallest absolute Gasteiger partial charge is 0.0967 e. The normalized spacial score (nSPS) is 13.5. The van der Waals surface area contributed by atoms with Gasteiger partial charge in [-0.15, -0.1) is 5.10 Å². The predicted molar refractivity (Wildman–Crippen MR) is 99.9 cm³/mol. The van der Waals surface area contributed by atoms with Gasteiger partial charge in [0.2, 0.25) is 0 Å². The van der Waals surface area contributed by atoms with E-state index >= 15 is 0 Å². The fraction of sp³-hybridized carbons (Fsp3) is 0.895. The molecule has 1 heterocycles. The monoisotopic (exact) mass is 338 g/mol. The van der Waals surface area contributed by atoms with E-state index in [1.165, 1.54) is 0 Å². The van der Waals surface area contributed by atoms with E-state index in [1.54, 1.807) is 0 Å². The van der Waals surface area contributed by atoms with Crippen LogP contribution in [0.5, 0.6) is 0 Å². The third-order valence-electron chi connectivity index (χ3n) is 4.18. The Bertz CT molecular complexity index is 491. The molecule has 0 aliphatic rings. The second-order valence-electron chi connectivity index (χ2n) is 9.22. The number of hydrogen-bond donors (Lipinski definition) is 0. The summed E-state index contributed by atoms with van der Waals surface area (Å²) >= 11 is 0. The van der Waals surface area contributed by atoms with Gasteiger partial charge in [-0.2, -0.15) is 0 Å². The van der Waals surface area contributed by atoms with Crippen LogP contribution in [0.1, 0.15) is 67.5 Å². The molecule has 5 heteroatoms. The van der Waals surface area contributed by atoms with Crippen LogP contribution in [0.2, 0.25) is 0 Å². The van der Waals surface area contributed by atoms with E-state index in [1.807, 2.05) is 4.68 Å². The van der Waals surface area contributed by atoms with Crippen molar-refractivity contribution >= 4 is 0 Å². The summed E-state index contributed by atoms with van der Waals surface area (Å²) in [6.45, 7) is 20.1. The molecule has 1 aromatic heterocycles. The van der Waals surface area contributed by atoms with E-state index < -0.39 is 0 Å². The highest BCUT2D eigenvalue weighted by molar-refractivity contribution is 4.93. The van der Waals surface area contributed by atoms with E-state index in [4.69, 9.17) is 4.74 Å². The Hall–Kier alpha value is -0.940. The summed E-state index contributed by atoms with van der Waals surface area (Å²) in [5.41, 5.74) is 0.988. The zero-order valence-electron chi connectivity index (χ0n) is 17.3. The molecular formula is C19H38N4O. The SMILES string of the molecule is CC(C)COC(C)(C)CC(C)(C)Cn1cc(CN(C)C(C)C)nn1. The Labute approximate surface area is 148 Å². The number of aromatic nitrogens is 3. The molecule has 0 saturated heterocycles. The average Bonchev–Trinajstić information content (AvgIpc) is 2.81. The lowest BCUT2D eigenvalue weighted by atomic mass is 9.81. The Balaban J connectivity index is 2.62. The van der Waals surface area contributed by atoms with Gasteiger partial charge in [0.15, 0.2) is 0 Å². The Morgan fingerprint density at radius 3 is 2.33 bits per heavy atom. The summed E-state index contributed by atoms with van der Waals surface area (Å²) in [5, 5.41) is 8.64. The van der Waals surface area contributed by atoms with Gasteiger partial charge < -0.3 is 4.74 Å². The van der Waals surface area contributed by atoms with Crippen LogP contribution in [-0.4, -0.2) is 45.2 Å². The van der Waals surface area contributed by atoms with Crippen molar-refractivity contribution in [2.75, 3.05) is 13.7 Å². The summed E-state index contributed by atoms with van der Waals surface area (Å²) < 4.78 is 8.07. The van der Waals surface area contributed by atoms with Crippen molar-refractivity contribution in [3.8, 4) is 0 Å². The maximum atomic E-state index is 6.10. The van der Waals surface area contributed by atoms with Gasteiger partial charge in [-0.3, -0.25) is 9.58 Å². The maximum absolute atomic E-state index is 6.10. The van der Waals surface area contributed by atoms with Crippen LogP contribution < -0.4 is 0 Å². The summed E-state index contributed by atoms with van der Waals surface area (Å²) in [4.78, 5) is 2.27. The minimum Gasteiger partial charge on any atom is -0.375 e. The standard InChI is InChI=1S/C19H38N4O/c1-15(2)12-24-19(7,8)13-18(5,6)14-23-11-17(20-21-23)10-22(9)16(3)4/h11,15-16H,10,12-14H2,1-9H3. The number of ether oxygens (including phenoxy) is 1. The van der Waals surface area contributed by atoms with Crippen LogP contribution in [0.25, 0.3) is 0 Å². The molecule has 0 atom stereocenters. The molecule has 0 N–H and O–H groups in total. The van der Waals surface area contributed by atoms with E-state index in [9.17, 15) is 0 Å². The molecule has 0 fully saturated rings. The van der Waals surface area contributed by atoms with Crippen molar-refractivity contribution < 1.29 is 4.74 Å². The topological polar surface area (TPSA) is 43.2 Å². The predicted octanol–water partition coefficient (Wildman–Crippen LogP) is 3.99. The molecule has 1 rings (SSSR count). The molecule has 0 aromatic carbocycles. The zero-order valence-corrected chi connectivity index (χ0v) is 17.3. The second kappa shape index (κ2) is 8.43. The van der Waals surface area contributed by atoms with E-state index in [0.717, 1.165) is 31.8 Å². The lowest BCUT2D eigenvalue weighted by molar-refractivity contribution is -0.0591. The zero-order chi connectivity index (χ0) is 18.5. The molecule has 0 bridgehead atoms. The molecule has 0 aliphatic carbocycles. The van der Waals surface area contributed by atoms with Gasteiger partial charge in [0.05, 0.1) is 11.3 Å². The van der Waals surface area contributed by atoms with E-state index in [0.29, 0.717) is 12.0 Å². The van der Waals surface area contributed by atoms with Gasteiger partial charge in [0.1, 0.15) is 0 Å². The van der Waals surface area contributed by atoms with Crippen LogP contribution in [0.15, 0.2) is 6.20 Å². The van der Waals surface area contributed by atoms with Gasteiger partial charge >= 0.3 is 0 Å². The van der Waals surface area contributed by atoms with Crippen LogP contribution in [0, 0.1) is 11.3 Å². The minimum atomic E-state index is -0.130. The highest BCUT2D eigenvalue weighted by Crippen LogP contribution is 2.32. The third-order valence-corrected chi connectivity index (χ3v) is 4.18. The van der Waals surface area contributed by atoms with Crippen molar-refractivity contribution in [2.45, 2.75) is 86.5 Å². The Kier molecular flexibility index (Phi) is 7.42. The molecule has 24 heavy (non-hydrogen) atoms. The van der Waals surface area contributed by atoms with E-state index in [-0.39, 0.29) is 11.0 Å². The Morgan fingerprint density at radius 1 is 1.17 bits per heavy atom. The highest BCUT2D eigenvalue weighted by atomic mass is 16.5. The number of hydrogen-bond acceptors (Lipinski definition) is 4. The van der Waals surface area contributed by atoms with Crippen molar-refractivity contribution in [1.82, 2.24) is 19.9 Å². The van der Waals surface area contributed by atoms with Crippen molar-refractivity contribution in [1.29, 1.82) is 0 Å². The van der Waals surface area contributed by atoms with Crippen LogP contribution in [0.3, 0.4) is 0 Å².